The molecule has 0 aliphatic carbocycles. The van der Waals surface area contributed by atoms with Gasteiger partial charge in [-0.05, 0) is 53.4 Å². The quantitative estimate of drug-likeness (QED) is 0.425. The second-order valence-corrected chi connectivity index (χ2v) is 12.1. The van der Waals surface area contributed by atoms with Gasteiger partial charge in [-0.25, -0.2) is 4.39 Å². The van der Waals surface area contributed by atoms with E-state index in [0.717, 1.165) is 24.0 Å². The Morgan fingerprint density at radius 2 is 1.66 bits per heavy atom. The number of aromatic hydroxyl groups is 1. The minimum absolute atomic E-state index is 0.0625. The predicted octanol–water partition coefficient (Wildman–Crippen LogP) is 6.88. The van der Waals surface area contributed by atoms with E-state index >= 15 is 0 Å². The highest BCUT2D eigenvalue weighted by Gasteiger charge is 2.38. The van der Waals surface area contributed by atoms with Gasteiger partial charge in [-0.15, -0.1) is 0 Å². The third-order valence-corrected chi connectivity index (χ3v) is 7.16. The van der Waals surface area contributed by atoms with Gasteiger partial charge < -0.3 is 10.0 Å². The second-order valence-electron chi connectivity index (χ2n) is 12.1. The van der Waals surface area contributed by atoms with E-state index < -0.39 is 0 Å². The average Bonchev–Trinajstić information content (AvgIpc) is 3.03. The number of hydrogen-bond donors (Lipinski definition) is 2. The van der Waals surface area contributed by atoms with Crippen LogP contribution in [0.15, 0.2) is 36.4 Å². The van der Waals surface area contributed by atoms with Crippen LogP contribution in [-0.2, 0) is 17.3 Å². The molecule has 0 saturated carbocycles. The van der Waals surface area contributed by atoms with Crippen molar-refractivity contribution in [1.29, 1.82) is 5.41 Å². The van der Waals surface area contributed by atoms with Gasteiger partial charge >= 0.3 is 0 Å². The molecule has 2 aromatic carbocycles. The number of phenols is 1. The summed E-state index contributed by atoms with van der Waals surface area (Å²) in [7, 11) is 0. The minimum atomic E-state index is -0.322. The summed E-state index contributed by atoms with van der Waals surface area (Å²) in [4.78, 5) is 15.4. The van der Waals surface area contributed by atoms with Crippen LogP contribution in [0.4, 0.5) is 4.39 Å². The number of ketones is 1. The first-order valence-electron chi connectivity index (χ1n) is 12.7. The summed E-state index contributed by atoms with van der Waals surface area (Å²) in [6.07, 6.45) is 2.39. The molecule has 0 bridgehead atoms. The summed E-state index contributed by atoms with van der Waals surface area (Å²) < 4.78 is 14.4. The van der Waals surface area contributed by atoms with E-state index in [4.69, 9.17) is 5.41 Å². The van der Waals surface area contributed by atoms with Gasteiger partial charge in [0, 0.05) is 29.2 Å². The van der Waals surface area contributed by atoms with Crippen molar-refractivity contribution >= 4 is 11.6 Å². The van der Waals surface area contributed by atoms with Crippen LogP contribution in [0.1, 0.15) is 88.4 Å². The van der Waals surface area contributed by atoms with Crippen LogP contribution in [0.25, 0.3) is 0 Å². The lowest BCUT2D eigenvalue weighted by Crippen LogP contribution is -2.33. The Bertz CT molecular complexity index is 1060. The number of benzene rings is 2. The second kappa shape index (κ2) is 10.1. The van der Waals surface area contributed by atoms with Crippen molar-refractivity contribution < 1.29 is 14.3 Å². The van der Waals surface area contributed by atoms with Gasteiger partial charge in [0.25, 0.3) is 0 Å². The molecule has 1 aliphatic heterocycles. The zero-order chi connectivity index (χ0) is 26.1. The lowest BCUT2D eigenvalue weighted by molar-refractivity contribution is 0.0963. The van der Waals surface area contributed by atoms with Gasteiger partial charge in [0.2, 0.25) is 0 Å². The minimum Gasteiger partial charge on any atom is -0.507 e. The van der Waals surface area contributed by atoms with E-state index in [0.29, 0.717) is 29.9 Å². The number of carbonyl (C=O) groups is 1. The number of carbonyl (C=O) groups excluding carboxylic acids is 1. The average molecular weight is 481 g/mol. The summed E-state index contributed by atoms with van der Waals surface area (Å²) in [5.74, 6) is 0.491. The van der Waals surface area contributed by atoms with Crippen molar-refractivity contribution in [3.63, 3.8) is 0 Å². The van der Waals surface area contributed by atoms with Crippen molar-refractivity contribution in [2.45, 2.75) is 78.6 Å². The first-order valence-corrected chi connectivity index (χ1v) is 12.7. The van der Waals surface area contributed by atoms with Gasteiger partial charge in [-0.3, -0.25) is 10.2 Å². The number of nitrogens with one attached hydrogen (secondary N) is 1. The number of phenolic OH excluding ortho intramolecular Hbond substituents is 1. The summed E-state index contributed by atoms with van der Waals surface area (Å²) >= 11 is 0. The lowest BCUT2D eigenvalue weighted by Gasteiger charge is -2.28. The zero-order valence-electron chi connectivity index (χ0n) is 22.3. The maximum atomic E-state index is 14.4. The molecule has 1 fully saturated rings. The first kappa shape index (κ1) is 26.9. The molecular formula is C30H41FN2O2. The maximum Gasteiger partial charge on any atom is 0.182 e. The number of Topliss-reactive ketones (excluding diaryl/α,β-unsaturated/α-hetero) is 1. The highest BCUT2D eigenvalue weighted by atomic mass is 19.1. The Morgan fingerprint density at radius 3 is 2.17 bits per heavy atom. The van der Waals surface area contributed by atoms with Crippen LogP contribution in [0.2, 0.25) is 0 Å². The Kier molecular flexibility index (Phi) is 7.78. The number of amidine groups is 1. The molecule has 5 heteroatoms. The molecule has 190 valence electrons. The van der Waals surface area contributed by atoms with Crippen LogP contribution < -0.4 is 0 Å². The third kappa shape index (κ3) is 5.94. The molecule has 2 aromatic rings. The van der Waals surface area contributed by atoms with E-state index in [-0.39, 0.29) is 46.6 Å². The number of hydrogen-bond acceptors (Lipinski definition) is 3. The molecule has 2 atom stereocenters. The van der Waals surface area contributed by atoms with Gasteiger partial charge in [0.15, 0.2) is 5.78 Å². The molecule has 4 nitrogen and oxygen atoms in total. The smallest absolute Gasteiger partial charge is 0.182 e. The first-order chi connectivity index (χ1) is 16.2. The lowest BCUT2D eigenvalue weighted by atomic mass is 9.78. The third-order valence-electron chi connectivity index (χ3n) is 7.16. The normalized spacial score (nSPS) is 18.9. The van der Waals surface area contributed by atoms with Crippen LogP contribution in [0, 0.1) is 23.1 Å². The summed E-state index contributed by atoms with van der Waals surface area (Å²) in [5.41, 5.74) is 2.06. The fourth-order valence-electron chi connectivity index (χ4n) is 5.15. The Labute approximate surface area is 210 Å². The van der Waals surface area contributed by atoms with Crippen molar-refractivity contribution in [2.75, 3.05) is 13.1 Å². The summed E-state index contributed by atoms with van der Waals surface area (Å²) in [5, 5.41) is 19.9. The molecule has 0 radical (unpaired) electrons. The molecule has 1 aliphatic rings. The fraction of sp³-hybridized carbons (Fsp3) is 0.533. The van der Waals surface area contributed by atoms with Gasteiger partial charge in [-0.2, -0.15) is 0 Å². The van der Waals surface area contributed by atoms with Crippen molar-refractivity contribution in [1.82, 2.24) is 4.90 Å². The predicted molar refractivity (Wildman–Crippen MR) is 141 cm³/mol. The molecule has 0 unspecified atom stereocenters. The topological polar surface area (TPSA) is 64.4 Å². The molecule has 1 heterocycles. The van der Waals surface area contributed by atoms with Crippen molar-refractivity contribution in [2.24, 2.45) is 11.8 Å². The zero-order valence-corrected chi connectivity index (χ0v) is 22.3. The highest BCUT2D eigenvalue weighted by molar-refractivity contribution is 6.01. The van der Waals surface area contributed by atoms with Crippen LogP contribution in [0.3, 0.4) is 0 Å². The number of rotatable bonds is 7. The van der Waals surface area contributed by atoms with E-state index in [1.807, 2.05) is 64.6 Å². The Morgan fingerprint density at radius 1 is 1.09 bits per heavy atom. The van der Waals surface area contributed by atoms with E-state index in [1.54, 1.807) is 12.1 Å². The highest BCUT2D eigenvalue weighted by Crippen LogP contribution is 2.40. The van der Waals surface area contributed by atoms with Gasteiger partial charge in [-0.1, -0.05) is 73.1 Å². The largest absolute Gasteiger partial charge is 0.507 e. The van der Waals surface area contributed by atoms with Gasteiger partial charge in [0.1, 0.15) is 17.4 Å². The molecule has 0 aromatic heterocycles. The SMILES string of the molecule is CCC[C@H]1CN(CC(=O)c2cc(C(C)(C)C)c(O)c(C(C)(C)C)c2)C(=N)[C@@H]1Cc1ccccc1F. The number of likely N-dealkylation sites (tertiary alicyclic amines) is 1. The van der Waals surface area contributed by atoms with Crippen molar-refractivity contribution in [3.05, 3.63) is 64.5 Å². The molecule has 0 amide bonds. The van der Waals surface area contributed by atoms with E-state index in [9.17, 15) is 14.3 Å². The molecule has 0 spiro atoms. The molecule has 2 N–H and O–H groups in total. The molecule has 35 heavy (non-hydrogen) atoms. The summed E-state index contributed by atoms with van der Waals surface area (Å²) in [6.45, 7) is 15.0. The fourth-order valence-corrected chi connectivity index (χ4v) is 5.15. The number of nitrogens with zero attached hydrogens (tertiary/aromatic N) is 1. The van der Waals surface area contributed by atoms with E-state index in [2.05, 4.69) is 6.92 Å². The molecule has 3 rings (SSSR count). The van der Waals surface area contributed by atoms with Crippen molar-refractivity contribution in [3.8, 4) is 5.75 Å². The summed E-state index contributed by atoms with van der Waals surface area (Å²) in [6, 6.07) is 10.4. The molecule has 1 saturated heterocycles. The standard InChI is InChI=1S/C30H41FN2O2/c1-8-11-20-17-33(28(32)22(20)14-19-12-9-10-13-25(19)31)18-26(34)21-15-23(29(2,3)4)27(35)24(16-21)30(5,6)7/h9-10,12-13,15-16,20,22,32,35H,8,11,14,17-18H2,1-7H3/t20-,22+/m0/s1. The monoisotopic (exact) mass is 480 g/mol. The van der Waals surface area contributed by atoms with Crippen LogP contribution in [-0.4, -0.2) is 34.7 Å². The van der Waals surface area contributed by atoms with Gasteiger partial charge in [0.05, 0.1) is 6.54 Å². The van der Waals surface area contributed by atoms with E-state index in [1.165, 1.54) is 6.07 Å². The molecular weight excluding hydrogens is 439 g/mol. The number of halogens is 1. The Balaban J connectivity index is 1.89. The Hall–Kier alpha value is -2.69. The van der Waals surface area contributed by atoms with Crippen LogP contribution >= 0.6 is 0 Å². The maximum absolute atomic E-state index is 14.4. The van der Waals surface area contributed by atoms with Crippen LogP contribution in [0.5, 0.6) is 5.75 Å².